The number of ether oxygens (including phenoxy) is 1. The van der Waals surface area contributed by atoms with Crippen molar-refractivity contribution in [3.8, 4) is 0 Å². The van der Waals surface area contributed by atoms with E-state index in [9.17, 15) is 4.79 Å². The van der Waals surface area contributed by atoms with Crippen LogP contribution in [0, 0.1) is 5.41 Å². The fourth-order valence-corrected chi connectivity index (χ4v) is 2.18. The number of rotatable bonds is 4. The Morgan fingerprint density at radius 3 is 2.75 bits per heavy atom. The number of nitrogens with two attached hydrogens (primary N) is 1. The molecule has 0 bridgehead atoms. The van der Waals surface area contributed by atoms with E-state index < -0.39 is 5.41 Å². The van der Waals surface area contributed by atoms with E-state index in [0.29, 0.717) is 25.8 Å². The number of amides is 1. The van der Waals surface area contributed by atoms with Crippen LogP contribution in [-0.4, -0.2) is 54.4 Å². The van der Waals surface area contributed by atoms with Crippen LogP contribution < -0.4 is 5.73 Å². The Balaban J connectivity index is 2.09. The minimum atomic E-state index is -0.613. The minimum absolute atomic E-state index is 0.00835. The molecular weight excluding hydrogens is 208 g/mol. The predicted molar refractivity (Wildman–Crippen MR) is 58.7 cm³/mol. The molecule has 1 heterocycles. The van der Waals surface area contributed by atoms with E-state index in [0.717, 1.165) is 12.8 Å². The number of carbonyl (C=O) groups is 1. The lowest BCUT2D eigenvalue weighted by Gasteiger charge is -2.33. The molecule has 2 fully saturated rings. The summed E-state index contributed by atoms with van der Waals surface area (Å²) in [5.41, 5.74) is 5.32. The maximum atomic E-state index is 12.4. The lowest BCUT2D eigenvalue weighted by Crippen LogP contribution is -2.52. The third-order valence-electron chi connectivity index (χ3n) is 3.60. The number of carbonyl (C=O) groups excluding carboxylic acids is 1. The molecule has 92 valence electrons. The summed E-state index contributed by atoms with van der Waals surface area (Å²) in [5, 5.41) is 9.00. The van der Waals surface area contributed by atoms with Crippen LogP contribution in [-0.2, 0) is 9.53 Å². The van der Waals surface area contributed by atoms with Crippen LogP contribution in [0.3, 0.4) is 0 Å². The first-order chi connectivity index (χ1) is 7.59. The summed E-state index contributed by atoms with van der Waals surface area (Å²) in [6.45, 7) is 3.11. The fourth-order valence-electron chi connectivity index (χ4n) is 2.18. The third kappa shape index (κ3) is 1.95. The molecule has 2 atom stereocenters. The van der Waals surface area contributed by atoms with Crippen molar-refractivity contribution in [1.29, 1.82) is 0 Å². The SMILES string of the molecule is CC1(C(=O)N(CCO)C2CC2)COCC1N. The van der Waals surface area contributed by atoms with Crippen LogP contribution in [0.5, 0.6) is 0 Å². The van der Waals surface area contributed by atoms with Gasteiger partial charge in [-0.05, 0) is 19.8 Å². The van der Waals surface area contributed by atoms with Crippen molar-refractivity contribution in [2.24, 2.45) is 11.1 Å². The zero-order chi connectivity index (χ0) is 11.8. The summed E-state index contributed by atoms with van der Waals surface area (Å²) in [7, 11) is 0. The summed E-state index contributed by atoms with van der Waals surface area (Å²) < 4.78 is 5.29. The van der Waals surface area contributed by atoms with Crippen molar-refractivity contribution < 1.29 is 14.6 Å². The molecule has 0 aromatic carbocycles. The number of nitrogens with zero attached hydrogens (tertiary/aromatic N) is 1. The second-order valence-corrected chi connectivity index (χ2v) is 4.99. The average molecular weight is 228 g/mol. The van der Waals surface area contributed by atoms with Crippen molar-refractivity contribution in [3.05, 3.63) is 0 Å². The highest BCUT2D eigenvalue weighted by atomic mass is 16.5. The smallest absolute Gasteiger partial charge is 0.232 e. The Morgan fingerprint density at radius 1 is 1.62 bits per heavy atom. The van der Waals surface area contributed by atoms with Gasteiger partial charge in [0.15, 0.2) is 0 Å². The second-order valence-electron chi connectivity index (χ2n) is 4.99. The van der Waals surface area contributed by atoms with Crippen LogP contribution in [0.25, 0.3) is 0 Å². The first-order valence-corrected chi connectivity index (χ1v) is 5.85. The fraction of sp³-hybridized carbons (Fsp3) is 0.909. The Hall–Kier alpha value is -0.650. The summed E-state index contributed by atoms with van der Waals surface area (Å²) in [6, 6.07) is 0.0733. The first kappa shape index (κ1) is 11.8. The van der Waals surface area contributed by atoms with Gasteiger partial charge in [0.05, 0.1) is 25.2 Å². The van der Waals surface area contributed by atoms with E-state index in [1.165, 1.54) is 0 Å². The van der Waals surface area contributed by atoms with E-state index in [4.69, 9.17) is 15.6 Å². The third-order valence-corrected chi connectivity index (χ3v) is 3.60. The molecule has 1 aliphatic carbocycles. The van der Waals surface area contributed by atoms with E-state index in [1.54, 1.807) is 4.90 Å². The van der Waals surface area contributed by atoms with Gasteiger partial charge >= 0.3 is 0 Å². The molecule has 0 radical (unpaired) electrons. The Bertz CT molecular complexity index is 280. The molecule has 0 spiro atoms. The number of hydrogen-bond donors (Lipinski definition) is 2. The molecule has 2 rings (SSSR count). The van der Waals surface area contributed by atoms with Gasteiger partial charge in [-0.2, -0.15) is 0 Å². The Labute approximate surface area is 95.5 Å². The molecule has 0 aromatic heterocycles. The van der Waals surface area contributed by atoms with Gasteiger partial charge in [0.2, 0.25) is 5.91 Å². The van der Waals surface area contributed by atoms with E-state index in [2.05, 4.69) is 0 Å². The van der Waals surface area contributed by atoms with Crippen LogP contribution >= 0.6 is 0 Å². The van der Waals surface area contributed by atoms with E-state index in [1.807, 2.05) is 6.92 Å². The first-order valence-electron chi connectivity index (χ1n) is 5.85. The Morgan fingerprint density at radius 2 is 2.31 bits per heavy atom. The van der Waals surface area contributed by atoms with Gasteiger partial charge in [0, 0.05) is 18.6 Å². The normalized spacial score (nSPS) is 34.1. The van der Waals surface area contributed by atoms with Crippen LogP contribution in [0.2, 0.25) is 0 Å². The van der Waals surface area contributed by atoms with E-state index in [-0.39, 0.29) is 18.6 Å². The number of aliphatic hydroxyl groups excluding tert-OH is 1. The van der Waals surface area contributed by atoms with Gasteiger partial charge in [-0.1, -0.05) is 0 Å². The van der Waals surface area contributed by atoms with Gasteiger partial charge in [-0.15, -0.1) is 0 Å². The van der Waals surface area contributed by atoms with Gasteiger partial charge in [-0.25, -0.2) is 0 Å². The number of hydrogen-bond acceptors (Lipinski definition) is 4. The highest BCUT2D eigenvalue weighted by Gasteiger charge is 2.48. The maximum absolute atomic E-state index is 12.4. The van der Waals surface area contributed by atoms with Crippen molar-refractivity contribution in [2.45, 2.75) is 31.8 Å². The zero-order valence-electron chi connectivity index (χ0n) is 9.69. The summed E-state index contributed by atoms with van der Waals surface area (Å²) >= 11 is 0. The average Bonchev–Trinajstić information content (AvgIpc) is 3.03. The summed E-state index contributed by atoms with van der Waals surface area (Å²) in [4.78, 5) is 14.2. The van der Waals surface area contributed by atoms with Gasteiger partial charge in [0.25, 0.3) is 0 Å². The molecule has 5 nitrogen and oxygen atoms in total. The van der Waals surface area contributed by atoms with Gasteiger partial charge < -0.3 is 20.5 Å². The van der Waals surface area contributed by atoms with Crippen LogP contribution in [0.4, 0.5) is 0 Å². The van der Waals surface area contributed by atoms with Crippen LogP contribution in [0.1, 0.15) is 19.8 Å². The van der Waals surface area contributed by atoms with Crippen molar-refractivity contribution in [3.63, 3.8) is 0 Å². The molecule has 1 saturated heterocycles. The molecule has 2 aliphatic rings. The van der Waals surface area contributed by atoms with Gasteiger partial charge in [0.1, 0.15) is 0 Å². The summed E-state index contributed by atoms with van der Waals surface area (Å²) in [5.74, 6) is 0.0362. The maximum Gasteiger partial charge on any atom is 0.232 e. The lowest BCUT2D eigenvalue weighted by molar-refractivity contribution is -0.143. The van der Waals surface area contributed by atoms with E-state index >= 15 is 0 Å². The molecule has 16 heavy (non-hydrogen) atoms. The highest BCUT2D eigenvalue weighted by molar-refractivity contribution is 5.84. The molecule has 2 unspecified atom stereocenters. The number of aliphatic hydroxyl groups is 1. The lowest BCUT2D eigenvalue weighted by atomic mass is 9.84. The quantitative estimate of drug-likeness (QED) is 0.669. The monoisotopic (exact) mass is 228 g/mol. The molecule has 1 amide bonds. The molecule has 1 aliphatic heterocycles. The molecule has 3 N–H and O–H groups in total. The van der Waals surface area contributed by atoms with Crippen LogP contribution in [0.15, 0.2) is 0 Å². The van der Waals surface area contributed by atoms with Crippen molar-refractivity contribution >= 4 is 5.91 Å². The largest absolute Gasteiger partial charge is 0.395 e. The second kappa shape index (κ2) is 4.31. The van der Waals surface area contributed by atoms with Gasteiger partial charge in [-0.3, -0.25) is 4.79 Å². The van der Waals surface area contributed by atoms with Crippen molar-refractivity contribution in [2.75, 3.05) is 26.4 Å². The topological polar surface area (TPSA) is 75.8 Å². The zero-order valence-corrected chi connectivity index (χ0v) is 9.69. The van der Waals surface area contributed by atoms with Crippen molar-refractivity contribution in [1.82, 2.24) is 4.90 Å². The summed E-state index contributed by atoms with van der Waals surface area (Å²) in [6.07, 6.45) is 2.08. The molecule has 5 heteroatoms. The molecular formula is C11H20N2O3. The highest BCUT2D eigenvalue weighted by Crippen LogP contribution is 2.34. The minimum Gasteiger partial charge on any atom is -0.395 e. The molecule has 1 saturated carbocycles. The standard InChI is InChI=1S/C11H20N2O3/c1-11(7-16-6-9(11)12)10(15)13(4-5-14)8-2-3-8/h8-9,14H,2-7,12H2,1H3. The predicted octanol–water partition coefficient (Wildman–Crippen LogP) is -0.666. The molecule has 0 aromatic rings. The Kier molecular flexibility index (Phi) is 3.19.